The molecular weight excluding hydrogens is 666 g/mol. The first-order chi connectivity index (χ1) is 25.6. The van der Waals surface area contributed by atoms with Crippen molar-refractivity contribution in [2.75, 3.05) is 41.0 Å². The summed E-state index contributed by atoms with van der Waals surface area (Å²) in [6, 6.07) is -0.730. The molecule has 0 aromatic carbocycles. The van der Waals surface area contributed by atoms with E-state index in [1.54, 1.807) is 21.1 Å². The zero-order chi connectivity index (χ0) is 39.3. The molecule has 0 heterocycles. The van der Waals surface area contributed by atoms with Gasteiger partial charge in [0.1, 0.15) is 12.6 Å². The first-order valence-electron chi connectivity index (χ1n) is 21.2. The Bertz CT molecular complexity index is 1010. The van der Waals surface area contributed by atoms with Gasteiger partial charge in [-0.15, -0.1) is 0 Å². The number of esters is 2. The van der Waals surface area contributed by atoms with Gasteiger partial charge in [0.25, 0.3) is 0 Å². The Labute approximate surface area is 325 Å². The third-order valence-corrected chi connectivity index (χ3v) is 9.19. The molecule has 0 saturated heterocycles. The van der Waals surface area contributed by atoms with Crippen LogP contribution in [-0.4, -0.2) is 75.5 Å². The van der Waals surface area contributed by atoms with Crippen molar-refractivity contribution in [2.45, 2.75) is 180 Å². The number of hydrogen-bond donors (Lipinski definition) is 0. The highest BCUT2D eigenvalue weighted by molar-refractivity contribution is 5.70. The van der Waals surface area contributed by atoms with Crippen LogP contribution >= 0.6 is 0 Å². The summed E-state index contributed by atoms with van der Waals surface area (Å²) in [5.74, 6) is -1.78. The molecule has 0 radical (unpaired) electrons. The number of rotatable bonds is 37. The number of quaternary nitrogens is 1. The summed E-state index contributed by atoms with van der Waals surface area (Å²) in [5.41, 5.74) is 0. The van der Waals surface area contributed by atoms with Crippen LogP contribution < -0.4 is 5.11 Å². The van der Waals surface area contributed by atoms with Gasteiger partial charge in [-0.2, -0.15) is 0 Å². The quantitative estimate of drug-likeness (QED) is 0.0270. The van der Waals surface area contributed by atoms with E-state index in [2.05, 4.69) is 62.5 Å². The summed E-state index contributed by atoms with van der Waals surface area (Å²) in [6.45, 7) is 4.55. The summed E-state index contributed by atoms with van der Waals surface area (Å²) in [4.78, 5) is 36.8. The number of aliphatic carboxylic acids is 1. The van der Waals surface area contributed by atoms with E-state index in [1.807, 2.05) is 0 Å². The average Bonchev–Trinajstić information content (AvgIpc) is 3.11. The van der Waals surface area contributed by atoms with E-state index in [4.69, 9.17) is 14.2 Å². The molecule has 306 valence electrons. The van der Waals surface area contributed by atoms with Crippen LogP contribution in [0.2, 0.25) is 0 Å². The zero-order valence-corrected chi connectivity index (χ0v) is 34.7. The molecule has 0 rings (SSSR count). The third-order valence-electron chi connectivity index (χ3n) is 9.19. The number of carbonyl (C=O) groups excluding carboxylic acids is 3. The molecule has 2 atom stereocenters. The van der Waals surface area contributed by atoms with Crippen molar-refractivity contribution in [3.8, 4) is 0 Å². The van der Waals surface area contributed by atoms with E-state index in [9.17, 15) is 19.5 Å². The van der Waals surface area contributed by atoms with E-state index >= 15 is 0 Å². The van der Waals surface area contributed by atoms with Gasteiger partial charge < -0.3 is 28.6 Å². The maximum atomic E-state index is 12.7. The van der Waals surface area contributed by atoms with Crippen LogP contribution in [0.1, 0.15) is 168 Å². The molecule has 0 saturated carbocycles. The third kappa shape index (κ3) is 34.8. The van der Waals surface area contributed by atoms with E-state index in [-0.39, 0.29) is 42.7 Å². The predicted molar refractivity (Wildman–Crippen MR) is 217 cm³/mol. The fraction of sp³-hybridized carbons (Fsp3) is 0.756. The Kier molecular flexibility index (Phi) is 34.4. The second-order valence-corrected chi connectivity index (χ2v) is 15.2. The standard InChI is InChI=1S/C45H79NO7/c1-6-8-10-12-14-16-18-20-22-24-26-28-30-32-34-36-44(48)53-41(39-51-38-37-42(45(49)50)46(3,4)5)40-52-43(47)35-33-31-29-27-25-23-21-19-17-15-13-11-9-7-2/h13-16,19-22,41-42H,6-12,17-18,23-40H2,1-5H3/b15-13-,16-14-,21-19-,22-20-. The van der Waals surface area contributed by atoms with Gasteiger partial charge in [0.2, 0.25) is 0 Å². The van der Waals surface area contributed by atoms with Gasteiger partial charge >= 0.3 is 11.9 Å². The van der Waals surface area contributed by atoms with Crippen LogP contribution in [0, 0.1) is 0 Å². The summed E-state index contributed by atoms with van der Waals surface area (Å²) < 4.78 is 17.1. The second-order valence-electron chi connectivity index (χ2n) is 15.2. The Balaban J connectivity index is 4.43. The zero-order valence-electron chi connectivity index (χ0n) is 34.7. The molecule has 0 aromatic rings. The van der Waals surface area contributed by atoms with E-state index in [0.29, 0.717) is 12.8 Å². The van der Waals surface area contributed by atoms with Crippen LogP contribution in [0.5, 0.6) is 0 Å². The molecular formula is C45H79NO7. The summed E-state index contributed by atoms with van der Waals surface area (Å²) >= 11 is 0. The monoisotopic (exact) mass is 746 g/mol. The summed E-state index contributed by atoms with van der Waals surface area (Å²) in [7, 11) is 5.39. The molecule has 0 aromatic heterocycles. The molecule has 8 heteroatoms. The molecule has 0 aliphatic heterocycles. The molecule has 8 nitrogen and oxygen atoms in total. The minimum absolute atomic E-state index is 0.0295. The van der Waals surface area contributed by atoms with E-state index < -0.39 is 18.1 Å². The van der Waals surface area contributed by atoms with Gasteiger partial charge in [-0.05, 0) is 70.6 Å². The van der Waals surface area contributed by atoms with Crippen LogP contribution in [0.15, 0.2) is 48.6 Å². The number of carboxylic acids is 1. The highest BCUT2D eigenvalue weighted by Gasteiger charge is 2.25. The van der Waals surface area contributed by atoms with Crippen molar-refractivity contribution < 1.29 is 38.2 Å². The van der Waals surface area contributed by atoms with Crippen molar-refractivity contribution in [3.63, 3.8) is 0 Å². The van der Waals surface area contributed by atoms with Crippen molar-refractivity contribution in [2.24, 2.45) is 0 Å². The lowest BCUT2D eigenvalue weighted by Crippen LogP contribution is -2.55. The maximum Gasteiger partial charge on any atom is 0.306 e. The van der Waals surface area contributed by atoms with Gasteiger partial charge in [0.05, 0.1) is 40.3 Å². The fourth-order valence-electron chi connectivity index (χ4n) is 5.82. The van der Waals surface area contributed by atoms with Crippen LogP contribution in [0.3, 0.4) is 0 Å². The van der Waals surface area contributed by atoms with Crippen molar-refractivity contribution in [1.29, 1.82) is 0 Å². The molecule has 0 aliphatic rings. The number of allylic oxidation sites excluding steroid dienone is 8. The highest BCUT2D eigenvalue weighted by atomic mass is 16.6. The Morgan fingerprint density at radius 3 is 1.51 bits per heavy atom. The van der Waals surface area contributed by atoms with Gasteiger partial charge in [0, 0.05) is 19.3 Å². The molecule has 0 N–H and O–H groups in total. The van der Waals surface area contributed by atoms with Crippen LogP contribution in [0.25, 0.3) is 0 Å². The van der Waals surface area contributed by atoms with Gasteiger partial charge in [-0.25, -0.2) is 0 Å². The molecule has 0 bridgehead atoms. The largest absolute Gasteiger partial charge is 0.544 e. The van der Waals surface area contributed by atoms with Crippen LogP contribution in [-0.2, 0) is 28.6 Å². The topological polar surface area (TPSA) is 102 Å². The minimum atomic E-state index is -1.13. The predicted octanol–water partition coefficient (Wildman–Crippen LogP) is 9.91. The number of ether oxygens (including phenoxy) is 3. The lowest BCUT2D eigenvalue weighted by molar-refractivity contribution is -0.889. The van der Waals surface area contributed by atoms with Crippen molar-refractivity contribution in [1.82, 2.24) is 0 Å². The number of likely N-dealkylation sites (N-methyl/N-ethyl adjacent to an activating group) is 1. The van der Waals surface area contributed by atoms with Crippen molar-refractivity contribution >= 4 is 17.9 Å². The van der Waals surface area contributed by atoms with Gasteiger partial charge in [0.15, 0.2) is 6.10 Å². The SMILES string of the molecule is CCCC/C=C\C/C=C\CCCCCCCC(=O)OCC(COCCC(C(=O)[O-])[N+](C)(C)C)OC(=O)CCCCCCC/C=C\C/C=C\CCCCC. The number of carbonyl (C=O) groups is 3. The Morgan fingerprint density at radius 1 is 0.566 bits per heavy atom. The molecule has 53 heavy (non-hydrogen) atoms. The van der Waals surface area contributed by atoms with Crippen LogP contribution in [0.4, 0.5) is 0 Å². The van der Waals surface area contributed by atoms with E-state index in [0.717, 1.165) is 89.9 Å². The Morgan fingerprint density at radius 2 is 1.02 bits per heavy atom. The first-order valence-corrected chi connectivity index (χ1v) is 21.2. The lowest BCUT2D eigenvalue weighted by atomic mass is 10.1. The van der Waals surface area contributed by atoms with Crippen molar-refractivity contribution in [3.05, 3.63) is 48.6 Å². The molecule has 0 spiro atoms. The minimum Gasteiger partial charge on any atom is -0.544 e. The smallest absolute Gasteiger partial charge is 0.306 e. The van der Waals surface area contributed by atoms with E-state index in [1.165, 1.54) is 44.9 Å². The average molecular weight is 746 g/mol. The summed E-state index contributed by atoms with van der Waals surface area (Å²) in [5, 5.41) is 11.6. The number of unbranched alkanes of at least 4 members (excludes halogenated alkanes) is 15. The maximum absolute atomic E-state index is 12.7. The first kappa shape index (κ1) is 50.3. The highest BCUT2D eigenvalue weighted by Crippen LogP contribution is 2.13. The lowest BCUT2D eigenvalue weighted by Gasteiger charge is -2.34. The number of nitrogens with zero attached hydrogens (tertiary/aromatic N) is 1. The van der Waals surface area contributed by atoms with Gasteiger partial charge in [-0.3, -0.25) is 9.59 Å². The second kappa shape index (κ2) is 36.3. The summed E-state index contributed by atoms with van der Waals surface area (Å²) in [6.07, 6.45) is 41.2. The molecule has 0 fully saturated rings. The van der Waals surface area contributed by atoms with Gasteiger partial charge in [-0.1, -0.05) is 127 Å². The molecule has 2 unspecified atom stereocenters. The Hall–Kier alpha value is -2.71. The number of hydrogen-bond acceptors (Lipinski definition) is 7. The normalized spacial score (nSPS) is 13.5. The molecule has 0 amide bonds. The molecule has 0 aliphatic carbocycles. The fourth-order valence-corrected chi connectivity index (χ4v) is 5.82. The number of carboxylic acid groups (broad SMARTS) is 1.